The van der Waals surface area contributed by atoms with E-state index in [1.165, 1.54) is 36.7 Å². The lowest BCUT2D eigenvalue weighted by Crippen LogP contribution is -2.30. The van der Waals surface area contributed by atoms with Crippen LogP contribution < -0.4 is 11.5 Å². The second-order valence-electron chi connectivity index (χ2n) is 4.95. The minimum absolute atomic E-state index is 0.0865. The molecule has 134 valence electrons. The maximum Gasteiger partial charge on any atom is 0.190 e. The molecule has 0 heterocycles. The smallest absolute Gasteiger partial charge is 0.190 e. The zero-order chi connectivity index (χ0) is 19.1. The van der Waals surface area contributed by atoms with Crippen LogP contribution in [0.2, 0.25) is 0 Å². The first-order chi connectivity index (χ1) is 12.4. The molecule has 0 aliphatic rings. The third-order valence-electron chi connectivity index (χ3n) is 3.02. The van der Waals surface area contributed by atoms with Gasteiger partial charge in [-0.1, -0.05) is 0 Å². The highest BCUT2D eigenvalue weighted by molar-refractivity contribution is 6.39. The maximum atomic E-state index is 9.60. The maximum absolute atomic E-state index is 9.60. The normalized spacial score (nSPS) is 12.9. The fourth-order valence-electron chi connectivity index (χ4n) is 1.69. The summed E-state index contributed by atoms with van der Waals surface area (Å²) in [7, 11) is 0. The van der Waals surface area contributed by atoms with Crippen LogP contribution in [0.25, 0.3) is 0 Å². The van der Waals surface area contributed by atoms with E-state index in [-0.39, 0.29) is 34.7 Å². The van der Waals surface area contributed by atoms with E-state index in [0.29, 0.717) is 11.1 Å². The van der Waals surface area contributed by atoms with Gasteiger partial charge in [0.1, 0.15) is 23.0 Å². The number of nitrogens with zero attached hydrogens (tertiary/aromatic N) is 4. The highest BCUT2D eigenvalue weighted by Gasteiger charge is 2.01. The van der Waals surface area contributed by atoms with Crippen molar-refractivity contribution in [3.8, 4) is 23.0 Å². The lowest BCUT2D eigenvalue weighted by molar-refractivity contribution is 0.449. The molecule has 26 heavy (non-hydrogen) atoms. The zero-order valence-corrected chi connectivity index (χ0v) is 13.4. The number of benzene rings is 2. The quantitative estimate of drug-likeness (QED) is 0.265. The van der Waals surface area contributed by atoms with Crippen molar-refractivity contribution >= 4 is 24.1 Å². The lowest BCUT2D eigenvalue weighted by atomic mass is 10.2. The van der Waals surface area contributed by atoms with Crippen molar-refractivity contribution in [3.63, 3.8) is 0 Å². The average molecular weight is 356 g/mol. The molecule has 0 fully saturated rings. The summed E-state index contributed by atoms with van der Waals surface area (Å²) in [4.78, 5) is 0. The molecule has 0 radical (unpaired) electrons. The Morgan fingerprint density at radius 3 is 1.42 bits per heavy atom. The van der Waals surface area contributed by atoms with E-state index >= 15 is 0 Å². The largest absolute Gasteiger partial charge is 0.508 e. The fraction of sp³-hybridized carbons (Fsp3) is 0. The van der Waals surface area contributed by atoms with Crippen LogP contribution in [0.3, 0.4) is 0 Å². The van der Waals surface area contributed by atoms with E-state index in [1.54, 1.807) is 0 Å². The van der Waals surface area contributed by atoms with Crippen molar-refractivity contribution in [2.75, 3.05) is 0 Å². The van der Waals surface area contributed by atoms with E-state index in [0.717, 1.165) is 12.1 Å². The van der Waals surface area contributed by atoms with E-state index < -0.39 is 0 Å². The Hall–Kier alpha value is -4.08. The Labute approximate surface area is 147 Å². The minimum Gasteiger partial charge on any atom is -0.508 e. The van der Waals surface area contributed by atoms with Crippen molar-refractivity contribution in [1.29, 1.82) is 0 Å². The summed E-state index contributed by atoms with van der Waals surface area (Å²) in [5, 5.41) is 52.1. The molecule has 0 bridgehead atoms. The third-order valence-corrected chi connectivity index (χ3v) is 3.02. The van der Waals surface area contributed by atoms with Gasteiger partial charge in [-0.25, -0.2) is 0 Å². The number of hydrogen-bond donors (Lipinski definition) is 6. The molecule has 0 amide bonds. The molecular weight excluding hydrogens is 340 g/mol. The summed E-state index contributed by atoms with van der Waals surface area (Å²) >= 11 is 0. The summed E-state index contributed by atoms with van der Waals surface area (Å²) < 4.78 is 0. The van der Waals surface area contributed by atoms with Gasteiger partial charge in [-0.05, 0) is 24.3 Å². The third kappa shape index (κ3) is 4.96. The molecule has 10 heteroatoms. The summed E-state index contributed by atoms with van der Waals surface area (Å²) in [5.41, 5.74) is 11.8. The highest BCUT2D eigenvalue weighted by Crippen LogP contribution is 2.21. The summed E-state index contributed by atoms with van der Waals surface area (Å²) in [6.45, 7) is 0. The molecule has 0 saturated heterocycles. The van der Waals surface area contributed by atoms with Crippen LogP contribution in [-0.2, 0) is 0 Å². The molecule has 2 rings (SSSR count). The van der Waals surface area contributed by atoms with Crippen molar-refractivity contribution in [3.05, 3.63) is 47.5 Å². The van der Waals surface area contributed by atoms with Crippen molar-refractivity contribution < 1.29 is 20.4 Å². The molecule has 2 aromatic rings. The second-order valence-corrected chi connectivity index (χ2v) is 4.95. The van der Waals surface area contributed by atoms with Crippen LogP contribution in [0.5, 0.6) is 23.0 Å². The number of amidine groups is 2. The van der Waals surface area contributed by atoms with E-state index in [9.17, 15) is 20.4 Å². The molecule has 0 atom stereocenters. The Bertz CT molecular complexity index is 845. The molecular formula is C16H16N6O4. The van der Waals surface area contributed by atoms with Crippen LogP contribution in [0.1, 0.15) is 11.1 Å². The predicted octanol–water partition coefficient (Wildman–Crippen LogP) is 0.591. The molecule has 0 unspecified atom stereocenters. The predicted molar refractivity (Wildman–Crippen MR) is 98.0 cm³/mol. The number of aromatic hydroxyl groups is 4. The van der Waals surface area contributed by atoms with Crippen LogP contribution >= 0.6 is 0 Å². The van der Waals surface area contributed by atoms with Gasteiger partial charge in [-0.2, -0.15) is 10.2 Å². The van der Waals surface area contributed by atoms with E-state index in [2.05, 4.69) is 20.4 Å². The second kappa shape index (κ2) is 8.15. The minimum atomic E-state index is -0.216. The van der Waals surface area contributed by atoms with Gasteiger partial charge in [0.2, 0.25) is 0 Å². The standard InChI is InChI=1S/C16H16N6O4/c17-15(21-19-7-9-1-3-11(23)5-13(9)25)16(18)22-20-8-10-2-4-12(24)6-14(10)26/h1-8,23-26H,(H2,17,21)(H2,18,22)/b19-7-,20-8-. The zero-order valence-electron chi connectivity index (χ0n) is 13.4. The summed E-state index contributed by atoms with van der Waals surface area (Å²) in [6.07, 6.45) is 2.43. The number of rotatable bonds is 4. The molecule has 0 aliphatic carbocycles. The van der Waals surface area contributed by atoms with Gasteiger partial charge in [0.25, 0.3) is 0 Å². The van der Waals surface area contributed by atoms with Crippen molar-refractivity contribution in [1.82, 2.24) is 0 Å². The Morgan fingerprint density at radius 2 is 1.08 bits per heavy atom. The highest BCUT2D eigenvalue weighted by atomic mass is 16.3. The van der Waals surface area contributed by atoms with E-state index in [4.69, 9.17) is 11.5 Å². The summed E-state index contributed by atoms with van der Waals surface area (Å²) in [6, 6.07) is 7.92. The van der Waals surface area contributed by atoms with Crippen LogP contribution in [-0.4, -0.2) is 44.5 Å². The first kappa shape index (κ1) is 18.3. The molecule has 8 N–H and O–H groups in total. The Kier molecular flexibility index (Phi) is 5.72. The van der Waals surface area contributed by atoms with E-state index in [1.807, 2.05) is 0 Å². The van der Waals surface area contributed by atoms with Crippen molar-refractivity contribution in [2.45, 2.75) is 0 Å². The van der Waals surface area contributed by atoms with Crippen LogP contribution in [0.4, 0.5) is 0 Å². The monoisotopic (exact) mass is 356 g/mol. The molecule has 0 spiro atoms. The van der Waals surface area contributed by atoms with Gasteiger partial charge in [-0.3, -0.25) is 0 Å². The SMILES string of the molecule is NC(=N\N=C/c1ccc(O)cc1O)/C(N)=N\N=C/c1ccc(O)cc1O. The Morgan fingerprint density at radius 1 is 0.692 bits per heavy atom. The number of hydrogen-bond acceptors (Lipinski definition) is 8. The molecule has 10 nitrogen and oxygen atoms in total. The molecule has 0 saturated carbocycles. The molecule has 0 aromatic heterocycles. The fourth-order valence-corrected chi connectivity index (χ4v) is 1.69. The topological polar surface area (TPSA) is 182 Å². The van der Waals surface area contributed by atoms with Crippen LogP contribution in [0, 0.1) is 0 Å². The molecule has 2 aromatic carbocycles. The van der Waals surface area contributed by atoms with Gasteiger partial charge >= 0.3 is 0 Å². The number of nitrogens with two attached hydrogens (primary N) is 2. The van der Waals surface area contributed by atoms with Crippen LogP contribution in [0.15, 0.2) is 56.8 Å². The first-order valence-electron chi connectivity index (χ1n) is 7.14. The summed E-state index contributed by atoms with van der Waals surface area (Å²) in [5.74, 6) is -0.962. The van der Waals surface area contributed by atoms with Crippen molar-refractivity contribution in [2.24, 2.45) is 31.9 Å². The van der Waals surface area contributed by atoms with Gasteiger partial charge in [0, 0.05) is 23.3 Å². The van der Waals surface area contributed by atoms with Gasteiger partial charge in [0.05, 0.1) is 12.4 Å². The Balaban J connectivity index is 2.06. The number of phenolic OH excluding ortho intramolecular Hbond substituents is 4. The average Bonchev–Trinajstić information content (AvgIpc) is 2.58. The number of phenols is 4. The first-order valence-corrected chi connectivity index (χ1v) is 7.14. The lowest BCUT2D eigenvalue weighted by Gasteiger charge is -1.99. The van der Waals surface area contributed by atoms with Gasteiger partial charge < -0.3 is 31.9 Å². The van der Waals surface area contributed by atoms with Gasteiger partial charge in [-0.15, -0.1) is 10.2 Å². The van der Waals surface area contributed by atoms with Gasteiger partial charge in [0.15, 0.2) is 11.7 Å². The molecule has 0 aliphatic heterocycles.